The maximum atomic E-state index is 6.51. The van der Waals surface area contributed by atoms with Gasteiger partial charge < -0.3 is 5.73 Å². The van der Waals surface area contributed by atoms with Gasteiger partial charge in [-0.15, -0.1) is 0 Å². The van der Waals surface area contributed by atoms with Crippen molar-refractivity contribution >= 4 is 15.9 Å². The first-order valence-corrected chi connectivity index (χ1v) is 7.45. The summed E-state index contributed by atoms with van der Waals surface area (Å²) < 4.78 is 3.04. The maximum absolute atomic E-state index is 6.51. The van der Waals surface area contributed by atoms with E-state index < -0.39 is 0 Å². The summed E-state index contributed by atoms with van der Waals surface area (Å²) >= 11 is 3.58. The second-order valence-electron chi connectivity index (χ2n) is 5.45. The van der Waals surface area contributed by atoms with E-state index in [1.807, 2.05) is 10.9 Å². The first kappa shape index (κ1) is 12.9. The number of hydrogen-bond donors (Lipinski definition) is 1. The summed E-state index contributed by atoms with van der Waals surface area (Å²) in [5, 5.41) is 4.42. The smallest absolute Gasteiger partial charge is 0.0702 e. The summed E-state index contributed by atoms with van der Waals surface area (Å²) in [7, 11) is 0. The topological polar surface area (TPSA) is 43.8 Å². The van der Waals surface area contributed by atoms with Crippen molar-refractivity contribution in [1.29, 1.82) is 0 Å². The third kappa shape index (κ3) is 2.03. The van der Waals surface area contributed by atoms with Crippen LogP contribution in [0.15, 0.2) is 34.9 Å². The Hall–Kier alpha value is -1.13. The predicted octanol–water partition coefficient (Wildman–Crippen LogP) is 3.57. The van der Waals surface area contributed by atoms with Crippen molar-refractivity contribution in [2.75, 3.05) is 0 Å². The Labute approximate surface area is 121 Å². The van der Waals surface area contributed by atoms with Crippen LogP contribution in [0.4, 0.5) is 0 Å². The SMILES string of the molecule is CC(C)n1ncc(Br)c1C(N)C1Cc2ccccc21. The summed E-state index contributed by atoms with van der Waals surface area (Å²) in [4.78, 5) is 0. The van der Waals surface area contributed by atoms with Crippen LogP contribution in [0.2, 0.25) is 0 Å². The molecule has 1 aromatic heterocycles. The molecule has 2 aromatic rings. The van der Waals surface area contributed by atoms with Gasteiger partial charge >= 0.3 is 0 Å². The highest BCUT2D eigenvalue weighted by atomic mass is 79.9. The average molecular weight is 320 g/mol. The summed E-state index contributed by atoms with van der Waals surface area (Å²) in [6.45, 7) is 4.26. The van der Waals surface area contributed by atoms with Crippen LogP contribution in [0.25, 0.3) is 0 Å². The second-order valence-corrected chi connectivity index (χ2v) is 6.31. The monoisotopic (exact) mass is 319 g/mol. The van der Waals surface area contributed by atoms with Crippen molar-refractivity contribution in [2.24, 2.45) is 5.73 Å². The number of aromatic nitrogens is 2. The first-order chi connectivity index (χ1) is 9.09. The zero-order valence-electron chi connectivity index (χ0n) is 11.2. The van der Waals surface area contributed by atoms with Gasteiger partial charge in [-0.3, -0.25) is 4.68 Å². The van der Waals surface area contributed by atoms with Crippen molar-refractivity contribution in [3.8, 4) is 0 Å². The third-order valence-corrected chi connectivity index (χ3v) is 4.53. The Morgan fingerprint density at radius 1 is 1.37 bits per heavy atom. The molecule has 1 aliphatic carbocycles. The van der Waals surface area contributed by atoms with Gasteiger partial charge in [0.2, 0.25) is 0 Å². The molecule has 19 heavy (non-hydrogen) atoms. The normalized spacial score (nSPS) is 19.1. The second kappa shape index (κ2) is 4.76. The van der Waals surface area contributed by atoms with E-state index in [2.05, 4.69) is 59.1 Å². The van der Waals surface area contributed by atoms with Crippen LogP contribution in [-0.4, -0.2) is 9.78 Å². The van der Waals surface area contributed by atoms with E-state index in [0.29, 0.717) is 12.0 Å². The fourth-order valence-electron chi connectivity index (χ4n) is 2.88. The van der Waals surface area contributed by atoms with Crippen molar-refractivity contribution < 1.29 is 0 Å². The molecule has 0 fully saturated rings. The number of nitrogens with two attached hydrogens (primary N) is 1. The minimum Gasteiger partial charge on any atom is -0.322 e. The number of hydrogen-bond acceptors (Lipinski definition) is 2. The summed E-state index contributed by atoms with van der Waals surface area (Å²) in [5.74, 6) is 0.404. The molecular weight excluding hydrogens is 302 g/mol. The highest BCUT2D eigenvalue weighted by Crippen LogP contribution is 2.43. The number of benzene rings is 1. The Morgan fingerprint density at radius 2 is 2.11 bits per heavy atom. The molecule has 1 aromatic carbocycles. The minimum atomic E-state index is -0.00539. The molecule has 0 saturated carbocycles. The molecule has 2 unspecified atom stereocenters. The lowest BCUT2D eigenvalue weighted by Crippen LogP contribution is -2.31. The van der Waals surface area contributed by atoms with Gasteiger partial charge in [-0.1, -0.05) is 24.3 Å². The molecule has 0 saturated heterocycles. The largest absolute Gasteiger partial charge is 0.322 e. The number of halogens is 1. The van der Waals surface area contributed by atoms with Crippen LogP contribution in [0.5, 0.6) is 0 Å². The van der Waals surface area contributed by atoms with E-state index in [1.54, 1.807) is 0 Å². The number of nitrogens with zero attached hydrogens (tertiary/aromatic N) is 2. The van der Waals surface area contributed by atoms with Gasteiger partial charge in [0.05, 0.1) is 22.4 Å². The molecule has 2 atom stereocenters. The van der Waals surface area contributed by atoms with E-state index >= 15 is 0 Å². The lowest BCUT2D eigenvalue weighted by Gasteiger charge is -2.35. The molecule has 3 rings (SSSR count). The zero-order chi connectivity index (χ0) is 13.6. The first-order valence-electron chi connectivity index (χ1n) is 6.66. The minimum absolute atomic E-state index is 0.00539. The highest BCUT2D eigenvalue weighted by molar-refractivity contribution is 9.10. The Balaban J connectivity index is 1.94. The molecule has 0 spiro atoms. The fourth-order valence-corrected chi connectivity index (χ4v) is 3.42. The Kier molecular flexibility index (Phi) is 3.23. The quantitative estimate of drug-likeness (QED) is 0.939. The van der Waals surface area contributed by atoms with Crippen molar-refractivity contribution in [2.45, 2.75) is 38.3 Å². The van der Waals surface area contributed by atoms with Gasteiger partial charge in [0.25, 0.3) is 0 Å². The van der Waals surface area contributed by atoms with E-state index in [1.165, 1.54) is 11.1 Å². The zero-order valence-corrected chi connectivity index (χ0v) is 12.8. The summed E-state index contributed by atoms with van der Waals surface area (Å²) in [5.41, 5.74) is 10.4. The molecule has 0 amide bonds. The summed E-state index contributed by atoms with van der Waals surface area (Å²) in [6.07, 6.45) is 2.91. The van der Waals surface area contributed by atoms with Crippen LogP contribution in [0.1, 0.15) is 48.7 Å². The van der Waals surface area contributed by atoms with E-state index in [0.717, 1.165) is 16.6 Å². The molecule has 4 heteroatoms. The summed E-state index contributed by atoms with van der Waals surface area (Å²) in [6, 6.07) is 8.87. The Bertz CT molecular complexity index is 603. The van der Waals surface area contributed by atoms with E-state index in [4.69, 9.17) is 5.73 Å². The predicted molar refractivity (Wildman–Crippen MR) is 80.1 cm³/mol. The molecule has 3 nitrogen and oxygen atoms in total. The molecule has 0 radical (unpaired) electrons. The van der Waals surface area contributed by atoms with Crippen LogP contribution in [0, 0.1) is 0 Å². The average Bonchev–Trinajstić information content (AvgIpc) is 2.72. The van der Waals surface area contributed by atoms with Crippen molar-refractivity contribution in [3.05, 3.63) is 51.8 Å². The van der Waals surface area contributed by atoms with Gasteiger partial charge in [-0.25, -0.2) is 0 Å². The van der Waals surface area contributed by atoms with Crippen LogP contribution < -0.4 is 5.73 Å². The molecule has 1 heterocycles. The lowest BCUT2D eigenvalue weighted by atomic mass is 9.73. The lowest BCUT2D eigenvalue weighted by molar-refractivity contribution is 0.431. The highest BCUT2D eigenvalue weighted by Gasteiger charge is 2.34. The molecule has 1 aliphatic rings. The van der Waals surface area contributed by atoms with Gasteiger partial charge in [0, 0.05) is 12.0 Å². The van der Waals surface area contributed by atoms with Crippen molar-refractivity contribution in [3.63, 3.8) is 0 Å². The van der Waals surface area contributed by atoms with Gasteiger partial charge in [-0.2, -0.15) is 5.10 Å². The molecule has 0 aliphatic heterocycles. The molecule has 2 N–H and O–H groups in total. The van der Waals surface area contributed by atoms with Crippen LogP contribution >= 0.6 is 15.9 Å². The van der Waals surface area contributed by atoms with Crippen molar-refractivity contribution in [1.82, 2.24) is 9.78 Å². The van der Waals surface area contributed by atoms with Crippen LogP contribution in [-0.2, 0) is 6.42 Å². The standard InChI is InChI=1S/C15H18BrN3/c1-9(2)19-15(13(16)8-18-19)14(17)12-7-10-5-3-4-6-11(10)12/h3-6,8-9,12,14H,7,17H2,1-2H3. The molecular formula is C15H18BrN3. The van der Waals surface area contributed by atoms with E-state index in [9.17, 15) is 0 Å². The molecule has 0 bridgehead atoms. The number of fused-ring (bicyclic) bond motifs is 1. The van der Waals surface area contributed by atoms with Gasteiger partial charge in [-0.05, 0) is 47.3 Å². The van der Waals surface area contributed by atoms with Gasteiger partial charge in [0.1, 0.15) is 0 Å². The Morgan fingerprint density at radius 3 is 2.79 bits per heavy atom. The fraction of sp³-hybridized carbons (Fsp3) is 0.400. The van der Waals surface area contributed by atoms with Crippen LogP contribution in [0.3, 0.4) is 0 Å². The third-order valence-electron chi connectivity index (χ3n) is 3.92. The van der Waals surface area contributed by atoms with E-state index in [-0.39, 0.29) is 6.04 Å². The maximum Gasteiger partial charge on any atom is 0.0702 e. The van der Waals surface area contributed by atoms with Gasteiger partial charge in [0.15, 0.2) is 0 Å². The molecule has 100 valence electrons. The number of rotatable bonds is 3.